The molecule has 4 aliphatic rings. The number of anilines is 2. The Labute approximate surface area is 200 Å². The van der Waals surface area contributed by atoms with Gasteiger partial charge >= 0.3 is 0 Å². The van der Waals surface area contributed by atoms with Crippen molar-refractivity contribution < 1.29 is 23.9 Å². The van der Waals surface area contributed by atoms with Crippen molar-refractivity contribution in [2.75, 3.05) is 17.0 Å². The van der Waals surface area contributed by atoms with Gasteiger partial charge in [-0.15, -0.1) is 0 Å². The lowest BCUT2D eigenvalue weighted by Gasteiger charge is -2.29. The van der Waals surface area contributed by atoms with Gasteiger partial charge in [0.2, 0.25) is 24.5 Å². The zero-order chi connectivity index (χ0) is 23.7. The maximum Gasteiger partial charge on any atom is 0.250 e. The molecule has 8 nitrogen and oxygen atoms in total. The van der Waals surface area contributed by atoms with E-state index in [-0.39, 0.29) is 18.6 Å². The predicted octanol–water partition coefficient (Wildman–Crippen LogP) is 2.58. The first-order valence-electron chi connectivity index (χ1n) is 11.6. The topological polar surface area (TPSA) is 97.0 Å². The Kier molecular flexibility index (Phi) is 4.14. The molecule has 1 spiro atoms. The van der Waals surface area contributed by atoms with Crippen LogP contribution in [0.15, 0.2) is 72.8 Å². The molecule has 7 rings (SSSR count). The lowest BCUT2D eigenvalue weighted by Crippen LogP contribution is -2.53. The van der Waals surface area contributed by atoms with Crippen LogP contribution in [-0.2, 0) is 26.3 Å². The summed E-state index contributed by atoms with van der Waals surface area (Å²) in [4.78, 5) is 42.7. The van der Waals surface area contributed by atoms with Gasteiger partial charge in [-0.1, -0.05) is 48.5 Å². The fraction of sp³-hybridized carbons (Fsp3) is 0.222. The Morgan fingerprint density at radius 2 is 1.66 bits per heavy atom. The Morgan fingerprint density at radius 3 is 2.51 bits per heavy atom. The maximum absolute atomic E-state index is 14.0. The highest BCUT2D eigenvalue weighted by molar-refractivity contribution is 6.25. The standard InChI is InChI=1S/C27H21N3O5/c31-24-22-19(12-15-6-2-1-3-7-15)29-27(17-8-4-5-9-18(17)28-26(27)33)23(22)25(32)30(24)16-10-11-20-21(13-16)35-14-34-20/h1-11,13,19,22-23,29H,12,14H2,(H,28,33)/t19-,22+,23+,27+/m1/s1. The summed E-state index contributed by atoms with van der Waals surface area (Å²) in [5.74, 6) is -1.55. The van der Waals surface area contributed by atoms with Crippen molar-refractivity contribution in [3.8, 4) is 11.5 Å². The van der Waals surface area contributed by atoms with Crippen molar-refractivity contribution in [3.05, 3.63) is 83.9 Å². The highest BCUT2D eigenvalue weighted by Crippen LogP contribution is 2.54. The molecule has 0 aliphatic carbocycles. The lowest BCUT2D eigenvalue weighted by atomic mass is 9.76. The zero-order valence-corrected chi connectivity index (χ0v) is 18.6. The quantitative estimate of drug-likeness (QED) is 0.575. The van der Waals surface area contributed by atoms with Crippen molar-refractivity contribution in [2.24, 2.45) is 11.8 Å². The first-order valence-corrected chi connectivity index (χ1v) is 11.6. The van der Waals surface area contributed by atoms with Gasteiger partial charge in [-0.05, 0) is 30.2 Å². The summed E-state index contributed by atoms with van der Waals surface area (Å²) in [7, 11) is 0. The summed E-state index contributed by atoms with van der Waals surface area (Å²) in [6, 6.07) is 21.8. The number of hydrogen-bond donors (Lipinski definition) is 2. The average molecular weight is 467 g/mol. The summed E-state index contributed by atoms with van der Waals surface area (Å²) in [6.45, 7) is 0.0923. The van der Waals surface area contributed by atoms with E-state index in [0.29, 0.717) is 34.9 Å². The van der Waals surface area contributed by atoms with Gasteiger partial charge in [0.15, 0.2) is 11.5 Å². The second-order valence-electron chi connectivity index (χ2n) is 9.30. The minimum absolute atomic E-state index is 0.0923. The summed E-state index contributed by atoms with van der Waals surface area (Å²) in [5, 5.41) is 6.40. The van der Waals surface area contributed by atoms with Gasteiger partial charge in [-0.2, -0.15) is 0 Å². The van der Waals surface area contributed by atoms with E-state index in [1.54, 1.807) is 18.2 Å². The number of rotatable bonds is 3. The zero-order valence-electron chi connectivity index (χ0n) is 18.6. The predicted molar refractivity (Wildman–Crippen MR) is 126 cm³/mol. The number of nitrogens with one attached hydrogen (secondary N) is 2. The molecule has 0 saturated carbocycles. The molecule has 8 heteroatoms. The second kappa shape index (κ2) is 7.16. The molecule has 0 unspecified atom stereocenters. The van der Waals surface area contributed by atoms with Gasteiger partial charge in [0.1, 0.15) is 5.54 Å². The molecule has 2 fully saturated rings. The van der Waals surface area contributed by atoms with Gasteiger partial charge in [0.05, 0.1) is 17.5 Å². The normalized spacial score (nSPS) is 27.9. The Morgan fingerprint density at radius 1 is 0.886 bits per heavy atom. The Balaban J connectivity index is 1.36. The van der Waals surface area contributed by atoms with Crippen LogP contribution in [0.25, 0.3) is 0 Å². The lowest BCUT2D eigenvalue weighted by molar-refractivity contribution is -0.130. The van der Waals surface area contributed by atoms with Crippen molar-refractivity contribution in [3.63, 3.8) is 0 Å². The molecule has 4 heterocycles. The molecule has 3 aromatic rings. The van der Waals surface area contributed by atoms with E-state index in [9.17, 15) is 14.4 Å². The largest absolute Gasteiger partial charge is 0.454 e. The smallest absolute Gasteiger partial charge is 0.250 e. The van der Waals surface area contributed by atoms with Crippen LogP contribution in [0.2, 0.25) is 0 Å². The number of ether oxygens (including phenoxy) is 2. The number of hydrogen-bond acceptors (Lipinski definition) is 6. The number of para-hydroxylation sites is 1. The maximum atomic E-state index is 14.0. The van der Waals surface area contributed by atoms with Gasteiger partial charge in [0.25, 0.3) is 0 Å². The van der Waals surface area contributed by atoms with E-state index in [4.69, 9.17) is 9.47 Å². The summed E-state index contributed by atoms with van der Waals surface area (Å²) in [5.41, 5.74) is 1.47. The average Bonchev–Trinajstić information content (AvgIpc) is 3.59. The third-order valence-corrected chi connectivity index (χ3v) is 7.54. The number of fused-ring (bicyclic) bond motifs is 5. The van der Waals surface area contributed by atoms with E-state index < -0.39 is 29.3 Å². The molecular formula is C27H21N3O5. The van der Waals surface area contributed by atoms with Crippen molar-refractivity contribution in [2.45, 2.75) is 18.0 Å². The SMILES string of the molecule is O=C1[C@@H]2[C@@H](C(=O)N1c1ccc3c(c1)OCO3)[C@]1(N[C@@H]2Cc2ccccc2)C(=O)Nc2ccccc21. The fourth-order valence-electron chi connectivity index (χ4n) is 6.08. The number of benzene rings is 3. The summed E-state index contributed by atoms with van der Waals surface area (Å²) < 4.78 is 10.9. The Hall–Kier alpha value is -4.17. The minimum atomic E-state index is -1.32. The number of nitrogens with zero attached hydrogens (tertiary/aromatic N) is 1. The fourth-order valence-corrected chi connectivity index (χ4v) is 6.08. The molecule has 3 amide bonds. The van der Waals surface area contributed by atoms with E-state index in [2.05, 4.69) is 10.6 Å². The van der Waals surface area contributed by atoms with Gasteiger partial charge in [0, 0.05) is 23.4 Å². The van der Waals surface area contributed by atoms with Crippen LogP contribution in [0.3, 0.4) is 0 Å². The molecule has 2 N–H and O–H groups in total. The number of amides is 3. The number of carbonyl (C=O) groups is 3. The van der Waals surface area contributed by atoms with Crippen LogP contribution in [0.1, 0.15) is 11.1 Å². The molecular weight excluding hydrogens is 446 g/mol. The monoisotopic (exact) mass is 467 g/mol. The van der Waals surface area contributed by atoms with E-state index in [0.717, 1.165) is 5.56 Å². The van der Waals surface area contributed by atoms with Crippen molar-refractivity contribution in [1.82, 2.24) is 5.32 Å². The Bertz CT molecular complexity index is 1410. The van der Waals surface area contributed by atoms with E-state index in [1.807, 2.05) is 54.6 Å². The molecule has 4 atom stereocenters. The van der Waals surface area contributed by atoms with Crippen LogP contribution >= 0.6 is 0 Å². The molecule has 4 aliphatic heterocycles. The van der Waals surface area contributed by atoms with Gasteiger partial charge in [-0.25, -0.2) is 4.90 Å². The van der Waals surface area contributed by atoms with Gasteiger partial charge in [-0.3, -0.25) is 19.7 Å². The summed E-state index contributed by atoms with van der Waals surface area (Å²) in [6.07, 6.45) is 0.507. The van der Waals surface area contributed by atoms with Crippen LogP contribution in [0, 0.1) is 11.8 Å². The molecule has 0 bridgehead atoms. The molecule has 174 valence electrons. The highest BCUT2D eigenvalue weighted by Gasteiger charge is 2.70. The molecule has 0 radical (unpaired) electrons. The van der Waals surface area contributed by atoms with Crippen LogP contribution in [0.4, 0.5) is 11.4 Å². The van der Waals surface area contributed by atoms with Crippen molar-refractivity contribution >= 4 is 29.1 Å². The summed E-state index contributed by atoms with van der Waals surface area (Å²) >= 11 is 0. The van der Waals surface area contributed by atoms with Crippen molar-refractivity contribution in [1.29, 1.82) is 0 Å². The van der Waals surface area contributed by atoms with E-state index in [1.165, 1.54) is 4.90 Å². The third-order valence-electron chi connectivity index (χ3n) is 7.54. The minimum Gasteiger partial charge on any atom is -0.454 e. The molecule has 0 aromatic heterocycles. The molecule has 3 aromatic carbocycles. The number of imide groups is 1. The highest BCUT2D eigenvalue weighted by atomic mass is 16.7. The number of carbonyl (C=O) groups excluding carboxylic acids is 3. The molecule has 2 saturated heterocycles. The van der Waals surface area contributed by atoms with Crippen LogP contribution < -0.4 is 25.0 Å². The third kappa shape index (κ3) is 2.68. The van der Waals surface area contributed by atoms with Crippen LogP contribution in [-0.4, -0.2) is 30.6 Å². The van der Waals surface area contributed by atoms with E-state index >= 15 is 0 Å². The first-order chi connectivity index (χ1) is 17.1. The van der Waals surface area contributed by atoms with Gasteiger partial charge < -0.3 is 14.8 Å². The first kappa shape index (κ1) is 20.2. The second-order valence-corrected chi connectivity index (χ2v) is 9.30. The van der Waals surface area contributed by atoms with Crippen LogP contribution in [0.5, 0.6) is 11.5 Å². The molecule has 35 heavy (non-hydrogen) atoms.